The van der Waals surface area contributed by atoms with E-state index >= 15 is 0 Å². The van der Waals surface area contributed by atoms with E-state index in [1.165, 1.54) is 0 Å². The van der Waals surface area contributed by atoms with Gasteiger partial charge in [-0.3, -0.25) is 9.69 Å². The maximum Gasteiger partial charge on any atom is 0.237 e. The van der Waals surface area contributed by atoms with Crippen LogP contribution in [0.15, 0.2) is 28.2 Å². The molecule has 0 aliphatic carbocycles. The first-order valence-corrected chi connectivity index (χ1v) is 8.22. The molecule has 2 aromatic rings. The smallest absolute Gasteiger partial charge is 0.237 e. The second kappa shape index (κ2) is 6.60. The molecule has 112 valence electrons. The van der Waals surface area contributed by atoms with Crippen molar-refractivity contribution in [1.29, 1.82) is 0 Å². The summed E-state index contributed by atoms with van der Waals surface area (Å²) in [6.07, 6.45) is 1.65. The van der Waals surface area contributed by atoms with Gasteiger partial charge in [-0.05, 0) is 12.1 Å². The van der Waals surface area contributed by atoms with Gasteiger partial charge in [0.2, 0.25) is 5.91 Å². The third-order valence-electron chi connectivity index (χ3n) is 3.52. The Labute approximate surface area is 132 Å². The van der Waals surface area contributed by atoms with Crippen molar-refractivity contribution < 1.29 is 9.21 Å². The standard InChI is InChI=1S/C14H16ClN3O2S/c15-8-14(19)18-5-3-17(4-6-18)9-13-16-11(10-21-13)12-2-1-7-20-12/h1-2,7,10H,3-6,8-9H2. The molecule has 0 radical (unpaired) electrons. The third-order valence-corrected chi connectivity index (χ3v) is 4.59. The predicted molar refractivity (Wildman–Crippen MR) is 82.4 cm³/mol. The second-order valence-electron chi connectivity index (χ2n) is 4.89. The molecule has 5 nitrogen and oxygen atoms in total. The lowest BCUT2D eigenvalue weighted by molar-refractivity contribution is -0.130. The summed E-state index contributed by atoms with van der Waals surface area (Å²) in [6.45, 7) is 4.01. The summed E-state index contributed by atoms with van der Waals surface area (Å²) in [7, 11) is 0. The minimum Gasteiger partial charge on any atom is -0.463 e. The van der Waals surface area contributed by atoms with Gasteiger partial charge in [-0.25, -0.2) is 4.98 Å². The van der Waals surface area contributed by atoms with E-state index in [-0.39, 0.29) is 11.8 Å². The number of hydrogen-bond donors (Lipinski definition) is 0. The molecule has 1 aliphatic heterocycles. The highest BCUT2D eigenvalue weighted by Crippen LogP contribution is 2.23. The van der Waals surface area contributed by atoms with E-state index in [2.05, 4.69) is 9.88 Å². The Morgan fingerprint density at radius 1 is 1.38 bits per heavy atom. The van der Waals surface area contributed by atoms with E-state index in [0.29, 0.717) is 0 Å². The number of piperazine rings is 1. The van der Waals surface area contributed by atoms with Crippen LogP contribution in [0.2, 0.25) is 0 Å². The zero-order valence-corrected chi connectivity index (χ0v) is 13.1. The monoisotopic (exact) mass is 325 g/mol. The van der Waals surface area contributed by atoms with E-state index in [1.54, 1.807) is 17.6 Å². The molecule has 1 saturated heterocycles. The van der Waals surface area contributed by atoms with Crippen molar-refractivity contribution >= 4 is 28.8 Å². The van der Waals surface area contributed by atoms with Crippen LogP contribution in [0.1, 0.15) is 5.01 Å². The number of carbonyl (C=O) groups excluding carboxylic acids is 1. The number of nitrogens with zero attached hydrogens (tertiary/aromatic N) is 3. The fourth-order valence-corrected chi connectivity index (χ4v) is 3.35. The summed E-state index contributed by atoms with van der Waals surface area (Å²) in [5, 5.41) is 3.08. The molecule has 21 heavy (non-hydrogen) atoms. The SMILES string of the molecule is O=C(CCl)N1CCN(Cc2nc(-c3ccco3)cs2)CC1. The van der Waals surface area contributed by atoms with Gasteiger partial charge in [0.05, 0.1) is 12.8 Å². The Balaban J connectivity index is 1.55. The minimum absolute atomic E-state index is 0.0191. The Kier molecular flexibility index (Phi) is 4.57. The summed E-state index contributed by atoms with van der Waals surface area (Å²) < 4.78 is 5.35. The molecule has 3 rings (SSSR count). The highest BCUT2D eigenvalue weighted by Gasteiger charge is 2.21. The van der Waals surface area contributed by atoms with Crippen molar-refractivity contribution in [1.82, 2.24) is 14.8 Å². The molecule has 0 saturated carbocycles. The van der Waals surface area contributed by atoms with Crippen molar-refractivity contribution in [3.05, 3.63) is 28.8 Å². The van der Waals surface area contributed by atoms with Crippen molar-refractivity contribution in [2.24, 2.45) is 0 Å². The van der Waals surface area contributed by atoms with Crippen molar-refractivity contribution in [2.75, 3.05) is 32.1 Å². The number of carbonyl (C=O) groups is 1. The number of amides is 1. The summed E-state index contributed by atoms with van der Waals surface area (Å²) in [6, 6.07) is 3.77. The molecule has 1 fully saturated rings. The molecule has 0 bridgehead atoms. The number of rotatable bonds is 4. The average Bonchev–Trinajstić information content (AvgIpc) is 3.18. The Morgan fingerprint density at radius 2 is 2.19 bits per heavy atom. The topological polar surface area (TPSA) is 49.6 Å². The maximum atomic E-state index is 11.5. The van der Waals surface area contributed by atoms with Gasteiger partial charge in [-0.1, -0.05) is 0 Å². The average molecular weight is 326 g/mol. The molecule has 0 unspecified atom stereocenters. The summed E-state index contributed by atoms with van der Waals surface area (Å²) >= 11 is 7.22. The number of furan rings is 1. The summed E-state index contributed by atoms with van der Waals surface area (Å²) in [5.74, 6) is 0.889. The molecular formula is C14H16ClN3O2S. The minimum atomic E-state index is 0.0191. The van der Waals surface area contributed by atoms with Crippen LogP contribution < -0.4 is 0 Å². The lowest BCUT2D eigenvalue weighted by Gasteiger charge is -2.33. The van der Waals surface area contributed by atoms with Crippen LogP contribution >= 0.6 is 22.9 Å². The van der Waals surface area contributed by atoms with E-state index in [0.717, 1.165) is 49.2 Å². The first-order valence-electron chi connectivity index (χ1n) is 6.80. The number of hydrogen-bond acceptors (Lipinski definition) is 5. The van der Waals surface area contributed by atoms with Crippen molar-refractivity contribution in [3.63, 3.8) is 0 Å². The molecular weight excluding hydrogens is 310 g/mol. The van der Waals surface area contributed by atoms with Gasteiger partial charge in [0.15, 0.2) is 5.76 Å². The molecule has 0 spiro atoms. The summed E-state index contributed by atoms with van der Waals surface area (Å²) in [5.41, 5.74) is 0.885. The van der Waals surface area contributed by atoms with Crippen molar-refractivity contribution in [3.8, 4) is 11.5 Å². The maximum absolute atomic E-state index is 11.5. The van der Waals surface area contributed by atoms with Crippen molar-refractivity contribution in [2.45, 2.75) is 6.54 Å². The van der Waals surface area contributed by atoms with Crippen LogP contribution in [0.5, 0.6) is 0 Å². The molecule has 0 aromatic carbocycles. The molecule has 7 heteroatoms. The molecule has 3 heterocycles. The number of thiazole rings is 1. The number of aromatic nitrogens is 1. The lowest BCUT2D eigenvalue weighted by Crippen LogP contribution is -2.48. The van der Waals surface area contributed by atoms with E-state index in [4.69, 9.17) is 16.0 Å². The number of halogens is 1. The quantitative estimate of drug-likeness (QED) is 0.809. The van der Waals surface area contributed by atoms with Crippen LogP contribution in [0.4, 0.5) is 0 Å². The highest BCUT2D eigenvalue weighted by molar-refractivity contribution is 7.09. The zero-order chi connectivity index (χ0) is 14.7. The van der Waals surface area contributed by atoms with Gasteiger partial charge in [0.25, 0.3) is 0 Å². The Morgan fingerprint density at radius 3 is 2.86 bits per heavy atom. The molecule has 1 aliphatic rings. The van der Waals surface area contributed by atoms with Gasteiger partial charge < -0.3 is 9.32 Å². The second-order valence-corrected chi connectivity index (χ2v) is 6.10. The van der Waals surface area contributed by atoms with Gasteiger partial charge >= 0.3 is 0 Å². The van der Waals surface area contributed by atoms with Crippen LogP contribution in [0.3, 0.4) is 0 Å². The van der Waals surface area contributed by atoms with Gasteiger partial charge in [0.1, 0.15) is 16.6 Å². The van der Waals surface area contributed by atoms with E-state index in [1.807, 2.05) is 22.4 Å². The van der Waals surface area contributed by atoms with Gasteiger partial charge in [0, 0.05) is 31.6 Å². The molecule has 0 N–H and O–H groups in total. The molecule has 2 aromatic heterocycles. The fourth-order valence-electron chi connectivity index (χ4n) is 2.35. The van der Waals surface area contributed by atoms with Gasteiger partial charge in [-0.2, -0.15) is 0 Å². The van der Waals surface area contributed by atoms with Crippen LogP contribution in [0.25, 0.3) is 11.5 Å². The largest absolute Gasteiger partial charge is 0.463 e. The zero-order valence-electron chi connectivity index (χ0n) is 11.5. The normalized spacial score (nSPS) is 16.3. The summed E-state index contributed by atoms with van der Waals surface area (Å²) in [4.78, 5) is 20.2. The van der Waals surface area contributed by atoms with E-state index < -0.39 is 0 Å². The third kappa shape index (κ3) is 3.45. The highest BCUT2D eigenvalue weighted by atomic mass is 35.5. The first kappa shape index (κ1) is 14.6. The van der Waals surface area contributed by atoms with E-state index in [9.17, 15) is 4.79 Å². The first-order chi connectivity index (χ1) is 10.3. The van der Waals surface area contributed by atoms with Crippen LogP contribution in [-0.2, 0) is 11.3 Å². The predicted octanol–water partition coefficient (Wildman–Crippen LogP) is 2.29. The molecule has 1 amide bonds. The Bertz CT molecular complexity index is 591. The Hall–Kier alpha value is -1.37. The van der Waals surface area contributed by atoms with Crippen LogP contribution in [-0.4, -0.2) is 52.8 Å². The van der Waals surface area contributed by atoms with Gasteiger partial charge in [-0.15, -0.1) is 22.9 Å². The number of alkyl halides is 1. The molecule has 0 atom stereocenters. The van der Waals surface area contributed by atoms with Crippen LogP contribution in [0, 0.1) is 0 Å². The lowest BCUT2D eigenvalue weighted by atomic mass is 10.3. The fraction of sp³-hybridized carbons (Fsp3) is 0.429.